The lowest BCUT2D eigenvalue weighted by Gasteiger charge is -2.18. The summed E-state index contributed by atoms with van der Waals surface area (Å²) in [4.78, 5) is 16.5. The van der Waals surface area contributed by atoms with Crippen LogP contribution >= 0.6 is 0 Å². The molecule has 27 heavy (non-hydrogen) atoms. The zero-order valence-electron chi connectivity index (χ0n) is 16.0. The second kappa shape index (κ2) is 8.96. The molecular weight excluding hydrogens is 344 g/mol. The molecule has 8 heteroatoms. The van der Waals surface area contributed by atoms with Gasteiger partial charge in [0.25, 0.3) is 0 Å². The smallest absolute Gasteiger partial charge is 0.358 e. The highest BCUT2D eigenvalue weighted by Crippen LogP contribution is 2.26. The first-order chi connectivity index (χ1) is 13.1. The highest BCUT2D eigenvalue weighted by atomic mass is 16.6. The normalized spacial score (nSPS) is 19.3. The van der Waals surface area contributed by atoms with Gasteiger partial charge >= 0.3 is 5.82 Å². The summed E-state index contributed by atoms with van der Waals surface area (Å²) in [5.41, 5.74) is 8.13. The van der Waals surface area contributed by atoms with Gasteiger partial charge in [-0.25, -0.2) is 0 Å². The average Bonchev–Trinajstić information content (AvgIpc) is 3.29. The fourth-order valence-electron chi connectivity index (χ4n) is 3.72. The maximum atomic E-state index is 11.1. The number of hydrazine groups is 1. The zero-order valence-corrected chi connectivity index (χ0v) is 16.0. The predicted molar refractivity (Wildman–Crippen MR) is 105 cm³/mol. The summed E-state index contributed by atoms with van der Waals surface area (Å²) in [6.45, 7) is 0.781. The maximum Gasteiger partial charge on any atom is 0.406 e. The van der Waals surface area contributed by atoms with Crippen molar-refractivity contribution in [2.24, 2.45) is 7.05 Å². The van der Waals surface area contributed by atoms with E-state index in [0.717, 1.165) is 38.6 Å². The van der Waals surface area contributed by atoms with Crippen molar-refractivity contribution in [3.8, 4) is 0 Å². The molecule has 2 unspecified atom stereocenters. The van der Waals surface area contributed by atoms with Gasteiger partial charge in [-0.3, -0.25) is 15.4 Å². The van der Waals surface area contributed by atoms with E-state index in [2.05, 4.69) is 40.1 Å². The Kier molecular flexibility index (Phi) is 6.41. The van der Waals surface area contributed by atoms with Crippen molar-refractivity contribution in [3.05, 3.63) is 52.3 Å². The van der Waals surface area contributed by atoms with Crippen molar-refractivity contribution >= 4 is 11.6 Å². The van der Waals surface area contributed by atoms with Gasteiger partial charge in [0.05, 0.1) is 0 Å². The van der Waals surface area contributed by atoms with E-state index >= 15 is 0 Å². The molecule has 0 aliphatic carbocycles. The van der Waals surface area contributed by atoms with E-state index in [9.17, 15) is 10.1 Å². The van der Waals surface area contributed by atoms with Crippen LogP contribution < -0.4 is 15.8 Å². The van der Waals surface area contributed by atoms with Crippen molar-refractivity contribution in [2.75, 3.05) is 18.5 Å². The topological polar surface area (TPSA) is 88.3 Å². The number of hydrogen-bond acceptors (Lipinski definition) is 6. The second-order valence-electron chi connectivity index (χ2n) is 7.22. The number of imidazole rings is 1. The van der Waals surface area contributed by atoms with Gasteiger partial charge in [-0.1, -0.05) is 43.2 Å². The van der Waals surface area contributed by atoms with E-state index in [-0.39, 0.29) is 5.82 Å². The molecule has 1 aromatic heterocycles. The molecule has 0 amide bonds. The fourth-order valence-corrected chi connectivity index (χ4v) is 3.72. The number of benzene rings is 1. The largest absolute Gasteiger partial charge is 0.406 e. The number of aryl methyl sites for hydroxylation is 1. The van der Waals surface area contributed by atoms with Gasteiger partial charge in [0, 0.05) is 32.7 Å². The van der Waals surface area contributed by atoms with Gasteiger partial charge in [0.15, 0.2) is 0 Å². The molecule has 0 radical (unpaired) electrons. The third-order valence-electron chi connectivity index (χ3n) is 5.15. The molecule has 0 spiro atoms. The molecule has 2 aromatic rings. The molecule has 3 rings (SSSR count). The quantitative estimate of drug-likeness (QED) is 0.400. The van der Waals surface area contributed by atoms with Crippen molar-refractivity contribution in [3.63, 3.8) is 0 Å². The summed E-state index contributed by atoms with van der Waals surface area (Å²) >= 11 is 0. The van der Waals surface area contributed by atoms with Crippen LogP contribution in [0, 0.1) is 10.1 Å². The monoisotopic (exact) mass is 372 g/mol. The van der Waals surface area contributed by atoms with E-state index in [1.807, 2.05) is 18.0 Å². The van der Waals surface area contributed by atoms with Crippen molar-refractivity contribution in [1.29, 1.82) is 0 Å². The maximum absolute atomic E-state index is 11.1. The molecule has 8 nitrogen and oxygen atoms in total. The second-order valence-corrected chi connectivity index (χ2v) is 7.22. The molecule has 2 atom stereocenters. The number of nitrogens with zero attached hydrogens (tertiary/aromatic N) is 4. The van der Waals surface area contributed by atoms with Crippen molar-refractivity contribution in [1.82, 2.24) is 20.4 Å². The van der Waals surface area contributed by atoms with Crippen molar-refractivity contribution < 1.29 is 4.92 Å². The third kappa shape index (κ3) is 4.84. The van der Waals surface area contributed by atoms with E-state index < -0.39 is 4.92 Å². The predicted octanol–water partition coefficient (Wildman–Crippen LogP) is 2.93. The lowest BCUT2D eigenvalue weighted by Crippen LogP contribution is -2.30. The number of anilines is 1. The molecule has 2 N–H and O–H groups in total. The lowest BCUT2D eigenvalue weighted by molar-refractivity contribution is -0.388. The van der Waals surface area contributed by atoms with E-state index in [1.54, 1.807) is 11.6 Å². The van der Waals surface area contributed by atoms with Crippen LogP contribution in [0.5, 0.6) is 0 Å². The van der Waals surface area contributed by atoms with Gasteiger partial charge in [-0.2, -0.15) is 0 Å². The van der Waals surface area contributed by atoms with Gasteiger partial charge < -0.3 is 15.0 Å². The molecule has 1 saturated heterocycles. The van der Waals surface area contributed by atoms with Crippen LogP contribution in [0.2, 0.25) is 0 Å². The van der Waals surface area contributed by atoms with Crippen LogP contribution in [0.15, 0.2) is 36.7 Å². The summed E-state index contributed by atoms with van der Waals surface area (Å²) in [7, 11) is 3.67. The van der Waals surface area contributed by atoms with Gasteiger partial charge in [-0.15, -0.1) is 0 Å². The molecule has 1 aromatic carbocycles. The Morgan fingerprint density at radius 1 is 1.26 bits per heavy atom. The summed E-state index contributed by atoms with van der Waals surface area (Å²) in [5.74, 6) is 0.487. The number of nitrogens with one attached hydrogen (secondary N) is 2. The summed E-state index contributed by atoms with van der Waals surface area (Å²) in [5, 5.41) is 11.1. The van der Waals surface area contributed by atoms with Gasteiger partial charge in [-0.05, 0) is 34.7 Å². The first kappa shape index (κ1) is 19.3. The number of hydrogen-bond donors (Lipinski definition) is 2. The summed E-state index contributed by atoms with van der Waals surface area (Å²) in [6, 6.07) is 11.4. The first-order valence-corrected chi connectivity index (χ1v) is 9.49. The Balaban J connectivity index is 1.37. The summed E-state index contributed by atoms with van der Waals surface area (Å²) < 4.78 is 1.70. The minimum Gasteiger partial charge on any atom is -0.358 e. The molecular formula is C19H28N6O2. The highest BCUT2D eigenvalue weighted by Gasteiger charge is 2.25. The summed E-state index contributed by atoms with van der Waals surface area (Å²) in [6.07, 6.45) is 6.97. The minimum absolute atomic E-state index is 0.0758. The van der Waals surface area contributed by atoms with E-state index in [1.165, 1.54) is 11.9 Å². The molecule has 1 aliphatic rings. The Labute approximate surface area is 159 Å². The number of unbranched alkanes of at least 4 members (excludes halogenated alkanes) is 2. The van der Waals surface area contributed by atoms with Crippen LogP contribution in [0.4, 0.5) is 11.6 Å². The van der Waals surface area contributed by atoms with Gasteiger partial charge in [0.2, 0.25) is 12.1 Å². The Morgan fingerprint density at radius 3 is 2.78 bits per heavy atom. The Hall–Kier alpha value is -2.45. The van der Waals surface area contributed by atoms with Gasteiger partial charge in [0.1, 0.15) is 0 Å². The Morgan fingerprint density at radius 2 is 2.04 bits per heavy atom. The van der Waals surface area contributed by atoms with Crippen LogP contribution in [-0.2, 0) is 7.05 Å². The molecule has 0 saturated carbocycles. The Bertz CT molecular complexity index is 748. The van der Waals surface area contributed by atoms with E-state index in [4.69, 9.17) is 0 Å². The first-order valence-electron chi connectivity index (χ1n) is 9.49. The third-order valence-corrected chi connectivity index (χ3v) is 5.15. The number of aromatic nitrogens is 2. The minimum atomic E-state index is -0.423. The fraction of sp³-hybridized carbons (Fsp3) is 0.526. The van der Waals surface area contributed by atoms with Crippen LogP contribution in [-0.4, -0.2) is 34.1 Å². The van der Waals surface area contributed by atoms with Crippen LogP contribution in [0.3, 0.4) is 0 Å². The molecule has 2 heterocycles. The highest BCUT2D eigenvalue weighted by molar-refractivity contribution is 5.53. The lowest BCUT2D eigenvalue weighted by atomic mass is 9.99. The van der Waals surface area contributed by atoms with Crippen LogP contribution in [0.1, 0.15) is 43.7 Å². The van der Waals surface area contributed by atoms with Crippen molar-refractivity contribution in [2.45, 2.75) is 44.2 Å². The number of nitro groups is 1. The van der Waals surface area contributed by atoms with Crippen LogP contribution in [0.25, 0.3) is 0 Å². The SMILES string of the molecule is CN(CCCCCC1CC(c2ccccc2)NN1)c1c([N+](=O)[O-])ncn1C. The molecule has 1 aliphatic heterocycles. The zero-order chi connectivity index (χ0) is 19.2. The standard InChI is InChI=1S/C19H28N6O2/c1-23(19-18(25(26)27)20-14-24(19)2)12-8-4-7-11-16-13-17(22-21-16)15-9-5-3-6-10-15/h3,5-6,9-10,14,16-17,21-22H,4,7-8,11-13H2,1-2H3. The number of rotatable bonds is 9. The van der Waals surface area contributed by atoms with E-state index in [0.29, 0.717) is 17.9 Å². The average molecular weight is 372 g/mol. The molecule has 1 fully saturated rings. The molecule has 0 bridgehead atoms. The molecule has 146 valence electrons.